The summed E-state index contributed by atoms with van der Waals surface area (Å²) in [4.78, 5) is 22.0. The quantitative estimate of drug-likeness (QED) is 0.824. The van der Waals surface area contributed by atoms with Crippen LogP contribution in [0.25, 0.3) is 0 Å². The van der Waals surface area contributed by atoms with Crippen molar-refractivity contribution in [2.24, 2.45) is 0 Å². The van der Waals surface area contributed by atoms with E-state index in [0.717, 1.165) is 0 Å². The first-order valence-electron chi connectivity index (χ1n) is 4.12. The van der Waals surface area contributed by atoms with Crippen LogP contribution in [0.5, 0.6) is 0 Å². The molecule has 0 aromatic heterocycles. The molecule has 4 nitrogen and oxygen atoms in total. The Morgan fingerprint density at radius 2 is 1.80 bits per heavy atom. The molecule has 80 valence electrons. The Kier molecular flexibility index (Phi) is 3.14. The fourth-order valence-corrected chi connectivity index (χ4v) is 1.54. The molecule has 0 spiro atoms. The van der Waals surface area contributed by atoms with E-state index in [9.17, 15) is 9.59 Å². The third kappa shape index (κ3) is 2.02. The van der Waals surface area contributed by atoms with Crippen LogP contribution in [0, 0.1) is 0 Å². The molecule has 0 heterocycles. The monoisotopic (exact) mass is 272 g/mol. The Morgan fingerprint density at radius 3 is 2.20 bits per heavy atom. The zero-order chi connectivity index (χ0) is 11.6. The summed E-state index contributed by atoms with van der Waals surface area (Å²) >= 11 is 3.17. The Morgan fingerprint density at radius 1 is 1.27 bits per heavy atom. The maximum atomic E-state index is 11.0. The summed E-state index contributed by atoms with van der Waals surface area (Å²) in [7, 11) is 0. The molecule has 15 heavy (non-hydrogen) atoms. The van der Waals surface area contributed by atoms with E-state index >= 15 is 0 Å². The van der Waals surface area contributed by atoms with Gasteiger partial charge in [-0.25, -0.2) is 0 Å². The number of carbonyl (C=O) groups is 2. The standard InChI is InChI=1S/C10H9BrO4/c1-10(8(12)13,9(14)15)6-3-2-4-7(11)5-6/h2-5H,1H3,(H,12,13)(H,14,15). The van der Waals surface area contributed by atoms with Crippen molar-refractivity contribution >= 4 is 27.9 Å². The van der Waals surface area contributed by atoms with Crippen LogP contribution in [0.15, 0.2) is 28.7 Å². The number of halogens is 1. The maximum absolute atomic E-state index is 11.0. The highest BCUT2D eigenvalue weighted by Crippen LogP contribution is 2.26. The molecule has 0 aliphatic heterocycles. The predicted molar refractivity (Wildman–Crippen MR) is 56.8 cm³/mol. The number of benzene rings is 1. The van der Waals surface area contributed by atoms with Crippen LogP contribution in [-0.2, 0) is 15.0 Å². The Labute approximate surface area is 94.7 Å². The topological polar surface area (TPSA) is 74.6 Å². The summed E-state index contributed by atoms with van der Waals surface area (Å²) in [5.41, 5.74) is -1.68. The Hall–Kier alpha value is -1.36. The molecule has 0 amide bonds. The second kappa shape index (κ2) is 4.02. The molecule has 0 radical (unpaired) electrons. The van der Waals surface area contributed by atoms with Gasteiger partial charge in [-0.2, -0.15) is 0 Å². The van der Waals surface area contributed by atoms with Crippen LogP contribution in [0.3, 0.4) is 0 Å². The first kappa shape index (κ1) is 11.7. The van der Waals surface area contributed by atoms with E-state index < -0.39 is 17.4 Å². The van der Waals surface area contributed by atoms with E-state index in [0.29, 0.717) is 4.47 Å². The van der Waals surface area contributed by atoms with Gasteiger partial charge in [0.2, 0.25) is 0 Å². The molecule has 0 atom stereocenters. The molecule has 2 N–H and O–H groups in total. The SMILES string of the molecule is CC(C(=O)O)(C(=O)O)c1cccc(Br)c1. The molecular formula is C10H9BrO4. The van der Waals surface area contributed by atoms with E-state index in [1.165, 1.54) is 19.1 Å². The number of aliphatic carboxylic acids is 2. The van der Waals surface area contributed by atoms with E-state index in [2.05, 4.69) is 15.9 Å². The second-order valence-electron chi connectivity index (χ2n) is 3.25. The van der Waals surface area contributed by atoms with Crippen molar-refractivity contribution in [1.29, 1.82) is 0 Å². The number of carboxylic acids is 2. The van der Waals surface area contributed by atoms with Gasteiger partial charge in [-0.3, -0.25) is 9.59 Å². The van der Waals surface area contributed by atoms with Crippen LogP contribution in [0.1, 0.15) is 12.5 Å². The lowest BCUT2D eigenvalue weighted by Gasteiger charge is -2.20. The third-order valence-corrected chi connectivity index (χ3v) is 2.75. The van der Waals surface area contributed by atoms with Gasteiger partial charge < -0.3 is 10.2 Å². The molecular weight excluding hydrogens is 264 g/mol. The van der Waals surface area contributed by atoms with Crippen LogP contribution >= 0.6 is 15.9 Å². The Balaban J connectivity index is 3.34. The Bertz CT molecular complexity index is 400. The largest absolute Gasteiger partial charge is 0.480 e. The van der Waals surface area contributed by atoms with Gasteiger partial charge in [0, 0.05) is 4.47 Å². The van der Waals surface area contributed by atoms with Gasteiger partial charge in [0.25, 0.3) is 0 Å². The fraction of sp³-hybridized carbons (Fsp3) is 0.200. The minimum atomic E-state index is -1.91. The molecule has 1 aromatic rings. The zero-order valence-electron chi connectivity index (χ0n) is 7.90. The molecule has 5 heteroatoms. The summed E-state index contributed by atoms with van der Waals surface area (Å²) in [6.07, 6.45) is 0. The van der Waals surface area contributed by atoms with Crippen LogP contribution in [-0.4, -0.2) is 22.2 Å². The minimum Gasteiger partial charge on any atom is -0.480 e. The summed E-state index contributed by atoms with van der Waals surface area (Å²) in [6.45, 7) is 1.17. The smallest absolute Gasteiger partial charge is 0.325 e. The molecule has 0 fully saturated rings. The highest BCUT2D eigenvalue weighted by atomic mass is 79.9. The van der Waals surface area contributed by atoms with Gasteiger partial charge in [-0.1, -0.05) is 28.1 Å². The first-order chi connectivity index (χ1) is 6.89. The van der Waals surface area contributed by atoms with E-state index in [1.54, 1.807) is 12.1 Å². The molecule has 0 aliphatic carbocycles. The van der Waals surface area contributed by atoms with Crippen molar-refractivity contribution in [1.82, 2.24) is 0 Å². The molecule has 0 saturated carbocycles. The van der Waals surface area contributed by atoms with Crippen molar-refractivity contribution < 1.29 is 19.8 Å². The highest BCUT2D eigenvalue weighted by molar-refractivity contribution is 9.10. The molecule has 0 unspecified atom stereocenters. The van der Waals surface area contributed by atoms with Crippen molar-refractivity contribution in [2.75, 3.05) is 0 Å². The molecule has 0 bridgehead atoms. The molecule has 0 saturated heterocycles. The average molecular weight is 273 g/mol. The number of rotatable bonds is 3. The van der Waals surface area contributed by atoms with Gasteiger partial charge in [0.1, 0.15) is 0 Å². The van der Waals surface area contributed by atoms with E-state index in [-0.39, 0.29) is 5.56 Å². The van der Waals surface area contributed by atoms with Gasteiger partial charge in [0.15, 0.2) is 5.41 Å². The lowest BCUT2D eigenvalue weighted by Crippen LogP contribution is -2.40. The van der Waals surface area contributed by atoms with Gasteiger partial charge in [0.05, 0.1) is 0 Å². The van der Waals surface area contributed by atoms with Crippen molar-refractivity contribution in [3.05, 3.63) is 34.3 Å². The summed E-state index contributed by atoms with van der Waals surface area (Å²) in [5, 5.41) is 17.9. The van der Waals surface area contributed by atoms with Crippen molar-refractivity contribution in [3.63, 3.8) is 0 Å². The first-order valence-corrected chi connectivity index (χ1v) is 4.91. The third-order valence-electron chi connectivity index (χ3n) is 2.26. The normalized spacial score (nSPS) is 11.1. The summed E-state index contributed by atoms with van der Waals surface area (Å²) in [5.74, 6) is -2.76. The lowest BCUT2D eigenvalue weighted by molar-refractivity contribution is -0.156. The van der Waals surface area contributed by atoms with Gasteiger partial charge >= 0.3 is 11.9 Å². The zero-order valence-corrected chi connectivity index (χ0v) is 9.48. The highest BCUT2D eigenvalue weighted by Gasteiger charge is 2.43. The van der Waals surface area contributed by atoms with Crippen LogP contribution in [0.2, 0.25) is 0 Å². The molecule has 0 aliphatic rings. The minimum absolute atomic E-state index is 0.233. The van der Waals surface area contributed by atoms with Crippen LogP contribution in [0.4, 0.5) is 0 Å². The van der Waals surface area contributed by atoms with Crippen molar-refractivity contribution in [2.45, 2.75) is 12.3 Å². The average Bonchev–Trinajstić information content (AvgIpc) is 2.15. The summed E-state index contributed by atoms with van der Waals surface area (Å²) in [6, 6.07) is 6.27. The fourth-order valence-electron chi connectivity index (χ4n) is 1.14. The number of hydrogen-bond donors (Lipinski definition) is 2. The number of hydrogen-bond acceptors (Lipinski definition) is 2. The molecule has 1 aromatic carbocycles. The van der Waals surface area contributed by atoms with E-state index in [1.807, 2.05) is 0 Å². The predicted octanol–water partition coefficient (Wildman–Crippen LogP) is 1.88. The van der Waals surface area contributed by atoms with Gasteiger partial charge in [-0.15, -0.1) is 0 Å². The summed E-state index contributed by atoms with van der Waals surface area (Å²) < 4.78 is 0.647. The maximum Gasteiger partial charge on any atom is 0.325 e. The number of carboxylic acid groups (broad SMARTS) is 2. The van der Waals surface area contributed by atoms with Crippen molar-refractivity contribution in [3.8, 4) is 0 Å². The molecule has 1 rings (SSSR count). The second-order valence-corrected chi connectivity index (χ2v) is 4.16. The van der Waals surface area contributed by atoms with E-state index in [4.69, 9.17) is 10.2 Å². The van der Waals surface area contributed by atoms with Crippen LogP contribution < -0.4 is 0 Å². The van der Waals surface area contributed by atoms with Gasteiger partial charge in [-0.05, 0) is 24.6 Å². The lowest BCUT2D eigenvalue weighted by atomic mass is 9.83.